The van der Waals surface area contributed by atoms with Gasteiger partial charge < -0.3 is 4.90 Å². The molecule has 2 aromatic heterocycles. The van der Waals surface area contributed by atoms with Crippen molar-refractivity contribution >= 4 is 5.91 Å². The van der Waals surface area contributed by atoms with Gasteiger partial charge in [0.1, 0.15) is 6.54 Å². The molecule has 3 aromatic rings. The quantitative estimate of drug-likeness (QED) is 0.728. The molecule has 3 heterocycles. The van der Waals surface area contributed by atoms with E-state index in [4.69, 9.17) is 0 Å². The van der Waals surface area contributed by atoms with E-state index in [1.165, 1.54) is 5.56 Å². The lowest BCUT2D eigenvalue weighted by molar-refractivity contribution is -0.130. The molecule has 0 bridgehead atoms. The molecule has 1 aliphatic heterocycles. The van der Waals surface area contributed by atoms with E-state index in [2.05, 4.69) is 34.1 Å². The van der Waals surface area contributed by atoms with Crippen LogP contribution in [0.4, 0.5) is 0 Å². The number of aryl methyl sites for hydroxylation is 1. The van der Waals surface area contributed by atoms with E-state index in [1.807, 2.05) is 23.2 Å². The van der Waals surface area contributed by atoms with Crippen molar-refractivity contribution in [2.75, 3.05) is 13.1 Å². The van der Waals surface area contributed by atoms with Crippen molar-refractivity contribution in [2.45, 2.75) is 26.3 Å². The Morgan fingerprint density at radius 1 is 1.04 bits per heavy atom. The fraction of sp³-hybridized carbons (Fsp3) is 0.300. The van der Waals surface area contributed by atoms with Crippen LogP contribution in [0.3, 0.4) is 0 Å². The largest absolute Gasteiger partial charge is 0.341 e. The van der Waals surface area contributed by atoms with Crippen LogP contribution in [0.5, 0.6) is 0 Å². The van der Waals surface area contributed by atoms with Crippen LogP contribution in [0.15, 0.2) is 49.1 Å². The van der Waals surface area contributed by atoms with Gasteiger partial charge in [0.05, 0.1) is 6.20 Å². The van der Waals surface area contributed by atoms with Gasteiger partial charge in [-0.3, -0.25) is 9.48 Å². The molecule has 6 heteroatoms. The Kier molecular flexibility index (Phi) is 4.48. The van der Waals surface area contributed by atoms with Gasteiger partial charge in [0, 0.05) is 48.4 Å². The molecule has 0 aliphatic carbocycles. The third-order valence-corrected chi connectivity index (χ3v) is 4.65. The molecule has 0 saturated carbocycles. The second-order valence-corrected chi connectivity index (χ2v) is 6.68. The SMILES string of the molecule is Cc1cccc(-c2ncc(-c3cnn(CC(=O)N4CCCC4)c3)cn2)c1. The van der Waals surface area contributed by atoms with Crippen molar-refractivity contribution in [1.82, 2.24) is 24.6 Å². The smallest absolute Gasteiger partial charge is 0.244 e. The van der Waals surface area contributed by atoms with Crippen LogP contribution in [0.2, 0.25) is 0 Å². The lowest BCUT2D eigenvalue weighted by atomic mass is 10.1. The molecule has 0 atom stereocenters. The van der Waals surface area contributed by atoms with Gasteiger partial charge in [-0.05, 0) is 25.8 Å². The van der Waals surface area contributed by atoms with Crippen LogP contribution in [0.1, 0.15) is 18.4 Å². The zero-order valence-corrected chi connectivity index (χ0v) is 14.8. The Morgan fingerprint density at radius 3 is 2.54 bits per heavy atom. The zero-order valence-electron chi connectivity index (χ0n) is 14.8. The normalized spacial score (nSPS) is 14.0. The van der Waals surface area contributed by atoms with E-state index in [0.29, 0.717) is 5.82 Å². The number of benzene rings is 1. The molecule has 0 radical (unpaired) electrons. The number of nitrogens with zero attached hydrogens (tertiary/aromatic N) is 5. The lowest BCUT2D eigenvalue weighted by Crippen LogP contribution is -2.31. The Balaban J connectivity index is 1.48. The Bertz CT molecular complexity index is 910. The molecule has 1 amide bonds. The summed E-state index contributed by atoms with van der Waals surface area (Å²) in [6, 6.07) is 8.13. The molecule has 6 nitrogen and oxygen atoms in total. The number of amides is 1. The summed E-state index contributed by atoms with van der Waals surface area (Å²) in [5, 5.41) is 4.31. The van der Waals surface area contributed by atoms with Gasteiger partial charge in [0.15, 0.2) is 5.82 Å². The molecule has 1 saturated heterocycles. The molecular weight excluding hydrogens is 326 g/mol. The first-order valence-corrected chi connectivity index (χ1v) is 8.89. The van der Waals surface area contributed by atoms with Crippen molar-refractivity contribution in [3.63, 3.8) is 0 Å². The van der Waals surface area contributed by atoms with Crippen LogP contribution >= 0.6 is 0 Å². The van der Waals surface area contributed by atoms with Gasteiger partial charge in [-0.1, -0.05) is 23.8 Å². The van der Waals surface area contributed by atoms with Crippen molar-refractivity contribution in [2.24, 2.45) is 0 Å². The molecular formula is C20H21N5O. The molecule has 132 valence electrons. The predicted molar refractivity (Wildman–Crippen MR) is 99.2 cm³/mol. The third-order valence-electron chi connectivity index (χ3n) is 4.65. The molecule has 4 rings (SSSR count). The van der Waals surface area contributed by atoms with Gasteiger partial charge in [-0.15, -0.1) is 0 Å². The molecule has 0 N–H and O–H groups in total. The standard InChI is InChI=1S/C20H21N5O/c1-15-5-4-6-16(9-15)20-21-10-17(11-22-20)18-12-23-25(13-18)14-19(26)24-7-2-3-8-24/h4-6,9-13H,2-3,7-8,14H2,1H3. The average Bonchev–Trinajstić information content (AvgIpc) is 3.34. The minimum absolute atomic E-state index is 0.128. The maximum atomic E-state index is 12.2. The second kappa shape index (κ2) is 7.07. The highest BCUT2D eigenvalue weighted by Gasteiger charge is 2.18. The van der Waals surface area contributed by atoms with Crippen LogP contribution in [0, 0.1) is 6.92 Å². The third kappa shape index (κ3) is 3.49. The minimum Gasteiger partial charge on any atom is -0.341 e. The number of rotatable bonds is 4. The van der Waals surface area contributed by atoms with Gasteiger partial charge in [0.25, 0.3) is 0 Å². The summed E-state index contributed by atoms with van der Waals surface area (Å²) in [7, 11) is 0. The molecule has 1 fully saturated rings. The first kappa shape index (κ1) is 16.4. The number of likely N-dealkylation sites (tertiary alicyclic amines) is 1. The van der Waals surface area contributed by atoms with Crippen molar-refractivity contribution in [3.8, 4) is 22.5 Å². The van der Waals surface area contributed by atoms with Crippen LogP contribution < -0.4 is 0 Å². The number of carbonyl (C=O) groups excluding carboxylic acids is 1. The fourth-order valence-electron chi connectivity index (χ4n) is 3.21. The van der Waals surface area contributed by atoms with Crippen molar-refractivity contribution < 1.29 is 4.79 Å². The summed E-state index contributed by atoms with van der Waals surface area (Å²) in [6.07, 6.45) is 9.42. The van der Waals surface area contributed by atoms with Gasteiger partial charge >= 0.3 is 0 Å². The second-order valence-electron chi connectivity index (χ2n) is 6.68. The van der Waals surface area contributed by atoms with Crippen molar-refractivity contribution in [3.05, 3.63) is 54.6 Å². The first-order chi connectivity index (χ1) is 12.7. The molecule has 1 aromatic carbocycles. The van der Waals surface area contributed by atoms with Gasteiger partial charge in [-0.25, -0.2) is 9.97 Å². The van der Waals surface area contributed by atoms with E-state index in [-0.39, 0.29) is 12.5 Å². The van der Waals surface area contributed by atoms with Gasteiger partial charge in [-0.2, -0.15) is 5.10 Å². The number of hydrogen-bond donors (Lipinski definition) is 0. The number of hydrogen-bond acceptors (Lipinski definition) is 4. The summed E-state index contributed by atoms with van der Waals surface area (Å²) < 4.78 is 1.68. The van der Waals surface area contributed by atoms with Crippen molar-refractivity contribution in [1.29, 1.82) is 0 Å². The van der Waals surface area contributed by atoms with E-state index in [9.17, 15) is 4.79 Å². The Morgan fingerprint density at radius 2 is 1.81 bits per heavy atom. The zero-order chi connectivity index (χ0) is 17.9. The molecule has 1 aliphatic rings. The summed E-state index contributed by atoms with van der Waals surface area (Å²) in [5.74, 6) is 0.831. The Hall–Kier alpha value is -3.02. The highest BCUT2D eigenvalue weighted by atomic mass is 16.2. The Labute approximate surface area is 152 Å². The van der Waals surface area contributed by atoms with Crippen LogP contribution in [-0.2, 0) is 11.3 Å². The molecule has 0 spiro atoms. The monoisotopic (exact) mass is 347 g/mol. The lowest BCUT2D eigenvalue weighted by Gasteiger charge is -2.14. The maximum absolute atomic E-state index is 12.2. The first-order valence-electron chi connectivity index (χ1n) is 8.89. The number of aromatic nitrogens is 4. The van der Waals surface area contributed by atoms with Crippen LogP contribution in [0.25, 0.3) is 22.5 Å². The van der Waals surface area contributed by atoms with E-state index >= 15 is 0 Å². The van der Waals surface area contributed by atoms with E-state index < -0.39 is 0 Å². The molecule has 26 heavy (non-hydrogen) atoms. The predicted octanol–water partition coefficient (Wildman–Crippen LogP) is 2.94. The van der Waals surface area contributed by atoms with E-state index in [1.54, 1.807) is 23.3 Å². The van der Waals surface area contributed by atoms with E-state index in [0.717, 1.165) is 42.6 Å². The molecule has 0 unspecified atom stereocenters. The minimum atomic E-state index is 0.128. The highest BCUT2D eigenvalue weighted by Crippen LogP contribution is 2.20. The van der Waals surface area contributed by atoms with Gasteiger partial charge in [0.2, 0.25) is 5.91 Å². The summed E-state index contributed by atoms with van der Waals surface area (Å²) in [6.45, 7) is 4.06. The fourth-order valence-corrected chi connectivity index (χ4v) is 3.21. The summed E-state index contributed by atoms with van der Waals surface area (Å²) >= 11 is 0. The summed E-state index contributed by atoms with van der Waals surface area (Å²) in [4.78, 5) is 23.1. The highest BCUT2D eigenvalue weighted by molar-refractivity contribution is 5.76. The maximum Gasteiger partial charge on any atom is 0.244 e. The topological polar surface area (TPSA) is 63.9 Å². The van der Waals surface area contributed by atoms with Crippen LogP contribution in [-0.4, -0.2) is 43.6 Å². The summed E-state index contributed by atoms with van der Waals surface area (Å²) in [5.41, 5.74) is 3.99. The average molecular weight is 347 g/mol. The number of carbonyl (C=O) groups is 1.